The molecule has 0 bridgehead atoms. The third kappa shape index (κ3) is 5.03. The lowest BCUT2D eigenvalue weighted by Gasteiger charge is -2.37. The van der Waals surface area contributed by atoms with Crippen molar-refractivity contribution in [1.29, 1.82) is 0 Å². The molecule has 0 aliphatic carbocycles. The molecule has 1 aliphatic heterocycles. The van der Waals surface area contributed by atoms with E-state index in [0.29, 0.717) is 10.6 Å². The van der Waals surface area contributed by atoms with Crippen molar-refractivity contribution in [3.8, 4) is 11.3 Å². The minimum absolute atomic E-state index is 0.0154. The number of amides is 2. The maximum absolute atomic E-state index is 13.8. The molecule has 0 radical (unpaired) electrons. The molecule has 4 rings (SSSR count). The summed E-state index contributed by atoms with van der Waals surface area (Å²) in [6, 6.07) is 15.6. The van der Waals surface area contributed by atoms with Crippen LogP contribution in [0.1, 0.15) is 33.6 Å². The van der Waals surface area contributed by atoms with E-state index in [1.807, 2.05) is 30.3 Å². The van der Waals surface area contributed by atoms with Crippen LogP contribution in [0.2, 0.25) is 10.0 Å². The van der Waals surface area contributed by atoms with E-state index in [1.54, 1.807) is 23.2 Å². The van der Waals surface area contributed by atoms with Gasteiger partial charge in [-0.05, 0) is 81.5 Å². The summed E-state index contributed by atoms with van der Waals surface area (Å²) in [5, 5.41) is 0.741. The summed E-state index contributed by atoms with van der Waals surface area (Å²) >= 11 is 12.9. The van der Waals surface area contributed by atoms with Crippen LogP contribution in [0.3, 0.4) is 0 Å². The number of hydrogen-bond donors (Lipinski definition) is 1. The number of carbonyl (C=O) groups is 2. The summed E-state index contributed by atoms with van der Waals surface area (Å²) in [6.45, 7) is 1.76. The normalized spacial score (nSPS) is 14.8. The Kier molecular flexibility index (Phi) is 6.98. The Morgan fingerprint density at radius 3 is 2.42 bits per heavy atom. The van der Waals surface area contributed by atoms with Crippen molar-refractivity contribution in [2.24, 2.45) is 5.73 Å². The molecule has 0 unspecified atom stereocenters. The molecule has 1 fully saturated rings. The van der Waals surface area contributed by atoms with Crippen molar-refractivity contribution in [2.45, 2.75) is 18.9 Å². The topological polar surface area (TPSA) is 79.5 Å². The maximum atomic E-state index is 13.8. The third-order valence-corrected chi connectivity index (χ3v) is 6.57. The van der Waals surface area contributed by atoms with Crippen LogP contribution in [-0.4, -0.2) is 47.9 Å². The summed E-state index contributed by atoms with van der Waals surface area (Å²) in [5.74, 6) is -0.833. The van der Waals surface area contributed by atoms with Crippen molar-refractivity contribution < 1.29 is 9.59 Å². The first-order valence-corrected chi connectivity index (χ1v) is 11.4. The molecule has 2 N–H and O–H groups in total. The van der Waals surface area contributed by atoms with Gasteiger partial charge in [0.15, 0.2) is 0 Å². The zero-order chi connectivity index (χ0) is 23.5. The molecule has 8 heteroatoms. The van der Waals surface area contributed by atoms with Gasteiger partial charge in [0.05, 0.1) is 21.3 Å². The Morgan fingerprint density at radius 2 is 1.79 bits per heavy atom. The molecule has 0 saturated carbocycles. The van der Waals surface area contributed by atoms with Gasteiger partial charge in [-0.25, -0.2) is 0 Å². The Morgan fingerprint density at radius 1 is 1.03 bits per heavy atom. The number of pyridine rings is 1. The van der Waals surface area contributed by atoms with Gasteiger partial charge in [-0.15, -0.1) is 0 Å². The Balaban J connectivity index is 1.78. The molecule has 2 aromatic carbocycles. The molecule has 2 heterocycles. The fourth-order valence-corrected chi connectivity index (χ4v) is 4.58. The van der Waals surface area contributed by atoms with Gasteiger partial charge in [0.25, 0.3) is 5.91 Å². The van der Waals surface area contributed by atoms with Crippen molar-refractivity contribution in [3.63, 3.8) is 0 Å². The highest BCUT2D eigenvalue weighted by Crippen LogP contribution is 2.34. The second kappa shape index (κ2) is 9.91. The molecular weight excluding hydrogens is 459 g/mol. The van der Waals surface area contributed by atoms with Crippen LogP contribution in [0.4, 0.5) is 5.69 Å². The van der Waals surface area contributed by atoms with Crippen LogP contribution in [0.15, 0.2) is 60.8 Å². The number of rotatable bonds is 5. The lowest BCUT2D eigenvalue weighted by molar-refractivity contribution is 0.0960. The minimum Gasteiger partial charge on any atom is -0.366 e. The van der Waals surface area contributed by atoms with Crippen LogP contribution in [0.5, 0.6) is 0 Å². The van der Waals surface area contributed by atoms with Crippen molar-refractivity contribution in [1.82, 2.24) is 9.88 Å². The second-order valence-electron chi connectivity index (χ2n) is 8.15. The van der Waals surface area contributed by atoms with Crippen LogP contribution >= 0.6 is 23.2 Å². The smallest absolute Gasteiger partial charge is 0.260 e. The molecule has 2 amide bonds. The number of halogens is 2. The molecular formula is C25H24Cl2N4O2. The van der Waals surface area contributed by atoms with Gasteiger partial charge in [0.2, 0.25) is 5.91 Å². The van der Waals surface area contributed by atoms with E-state index in [1.165, 1.54) is 12.1 Å². The van der Waals surface area contributed by atoms with Crippen molar-refractivity contribution >= 4 is 40.7 Å². The van der Waals surface area contributed by atoms with E-state index in [2.05, 4.69) is 16.9 Å². The van der Waals surface area contributed by atoms with Gasteiger partial charge in [-0.1, -0.05) is 29.3 Å². The number of nitrogens with zero attached hydrogens (tertiary/aromatic N) is 3. The summed E-state index contributed by atoms with van der Waals surface area (Å²) in [4.78, 5) is 33.8. The Bertz CT molecular complexity index is 1180. The zero-order valence-corrected chi connectivity index (χ0v) is 19.7. The van der Waals surface area contributed by atoms with Gasteiger partial charge < -0.3 is 15.5 Å². The zero-order valence-electron chi connectivity index (χ0n) is 18.2. The lowest BCUT2D eigenvalue weighted by Crippen LogP contribution is -2.47. The largest absolute Gasteiger partial charge is 0.366 e. The molecule has 1 aromatic heterocycles. The molecule has 1 saturated heterocycles. The predicted molar refractivity (Wildman–Crippen MR) is 132 cm³/mol. The Hall–Kier alpha value is -2.93. The first kappa shape index (κ1) is 23.2. The number of primary amides is 1. The van der Waals surface area contributed by atoms with Gasteiger partial charge in [0.1, 0.15) is 0 Å². The number of aromatic nitrogens is 1. The van der Waals surface area contributed by atoms with Gasteiger partial charge in [0, 0.05) is 29.1 Å². The SMILES string of the molecule is CN1CCC(N(C(=O)c2ccc(C(N)=O)cc2Cl)c2ccc(Cl)c(-c3ccccn3)c2)CC1. The number of likely N-dealkylation sites (tertiary alicyclic amines) is 1. The standard InChI is InChI=1S/C25H24Cl2N4O2/c1-30-12-9-17(10-13-30)31(25(33)19-7-5-16(24(28)32)14-22(19)27)18-6-8-21(26)20(15-18)23-4-2-3-11-29-23/h2-8,11,14-15,17H,9-10,12-13H2,1H3,(H2,28,32). The lowest BCUT2D eigenvalue weighted by atomic mass is 9.99. The molecule has 0 spiro atoms. The number of carbonyl (C=O) groups excluding carboxylic acids is 2. The average molecular weight is 483 g/mol. The van der Waals surface area contributed by atoms with Crippen LogP contribution < -0.4 is 10.6 Å². The molecule has 6 nitrogen and oxygen atoms in total. The minimum atomic E-state index is -0.597. The number of hydrogen-bond acceptors (Lipinski definition) is 4. The average Bonchev–Trinajstić information content (AvgIpc) is 2.81. The van der Waals surface area contributed by atoms with E-state index in [-0.39, 0.29) is 22.5 Å². The molecule has 33 heavy (non-hydrogen) atoms. The highest BCUT2D eigenvalue weighted by molar-refractivity contribution is 6.35. The van der Waals surface area contributed by atoms with Gasteiger partial charge in [-0.3, -0.25) is 14.6 Å². The first-order chi connectivity index (χ1) is 15.8. The number of anilines is 1. The predicted octanol–water partition coefficient (Wildman–Crippen LogP) is 4.90. The molecule has 170 valence electrons. The van der Waals surface area contributed by atoms with E-state index in [9.17, 15) is 9.59 Å². The summed E-state index contributed by atoms with van der Waals surface area (Å²) in [7, 11) is 2.07. The maximum Gasteiger partial charge on any atom is 0.260 e. The van der Waals surface area contributed by atoms with Crippen molar-refractivity contribution in [2.75, 3.05) is 25.0 Å². The van der Waals surface area contributed by atoms with E-state index >= 15 is 0 Å². The fraction of sp³-hybridized carbons (Fsp3) is 0.240. The number of nitrogens with two attached hydrogens (primary N) is 1. The summed E-state index contributed by atoms with van der Waals surface area (Å²) < 4.78 is 0. The van der Waals surface area contributed by atoms with Crippen molar-refractivity contribution in [3.05, 3.63) is 82.0 Å². The number of piperidine rings is 1. The highest BCUT2D eigenvalue weighted by atomic mass is 35.5. The summed E-state index contributed by atoms with van der Waals surface area (Å²) in [5.41, 5.74) is 8.12. The summed E-state index contributed by atoms with van der Waals surface area (Å²) in [6.07, 6.45) is 3.35. The van der Waals surface area contributed by atoms with Crippen LogP contribution in [0, 0.1) is 0 Å². The highest BCUT2D eigenvalue weighted by Gasteiger charge is 2.30. The van der Waals surface area contributed by atoms with Crippen LogP contribution in [-0.2, 0) is 0 Å². The molecule has 3 aromatic rings. The van der Waals surface area contributed by atoms with Gasteiger partial charge >= 0.3 is 0 Å². The van der Waals surface area contributed by atoms with E-state index in [0.717, 1.165) is 42.9 Å². The third-order valence-electron chi connectivity index (χ3n) is 5.93. The Labute approximate surface area is 202 Å². The van der Waals surface area contributed by atoms with Gasteiger partial charge in [-0.2, -0.15) is 0 Å². The number of benzene rings is 2. The molecule has 1 aliphatic rings. The second-order valence-corrected chi connectivity index (χ2v) is 8.96. The molecule has 0 atom stereocenters. The first-order valence-electron chi connectivity index (χ1n) is 10.7. The van der Waals surface area contributed by atoms with E-state index in [4.69, 9.17) is 28.9 Å². The van der Waals surface area contributed by atoms with Crippen LogP contribution in [0.25, 0.3) is 11.3 Å². The monoisotopic (exact) mass is 482 g/mol. The fourth-order valence-electron chi connectivity index (χ4n) is 4.10. The quantitative estimate of drug-likeness (QED) is 0.560. The van der Waals surface area contributed by atoms with E-state index < -0.39 is 5.91 Å².